The summed E-state index contributed by atoms with van der Waals surface area (Å²) in [5, 5.41) is 12.1. The van der Waals surface area contributed by atoms with Crippen LogP contribution in [0.4, 0.5) is 11.5 Å². The maximum atomic E-state index is 13.1. The Kier molecular flexibility index (Phi) is 12.3. The SMILES string of the molecule is Cc1cccc2cccc(N3CCc4c(n[c-]nc4N4CCN(C(=O)/C=C/c5ccccn5)[C@@H](CC#N)C4)C3)c12.[CH2-][C@@H]1CCCN1C.[U+2]. The summed E-state index contributed by atoms with van der Waals surface area (Å²) >= 11 is 0. The van der Waals surface area contributed by atoms with E-state index in [9.17, 15) is 10.1 Å². The fourth-order valence-electron chi connectivity index (χ4n) is 6.85. The van der Waals surface area contributed by atoms with Crippen molar-refractivity contribution < 1.29 is 35.9 Å². The Morgan fingerprint density at radius 1 is 1.06 bits per heavy atom. The number of rotatable bonds is 5. The molecule has 2 saturated heterocycles. The Morgan fingerprint density at radius 2 is 1.90 bits per heavy atom. The first-order chi connectivity index (χ1) is 22.9. The van der Waals surface area contributed by atoms with Gasteiger partial charge < -0.3 is 36.5 Å². The van der Waals surface area contributed by atoms with Gasteiger partial charge in [-0.2, -0.15) is 5.26 Å². The molecule has 2 aromatic heterocycles. The molecule has 48 heavy (non-hydrogen) atoms. The standard InChI is InChI=1S/C32H30N7O.C6H12N.U/c1-23-6-4-7-24-8-5-10-29(31(23)24)37-17-14-27-28(21-37)35-22-36-32(27)38-18-19-39(26(20-38)13-15-33)30(40)12-11-25-9-2-3-16-34-25;1-6-4-3-5-7(6)2;/h2-12,16,26H,13-14,17-21H2,1H3;6H,1,3-5H2,2H3;/q2*-1;+2/b12-11+;;/t26-;6-;/m01./s1. The number of carbonyl (C=O) groups excluding carboxylic acids is 1. The second-order valence-corrected chi connectivity index (χ2v) is 12.6. The van der Waals surface area contributed by atoms with Crippen LogP contribution in [0.25, 0.3) is 16.8 Å². The number of nitriles is 1. The fraction of sp³-hybridized carbons (Fsp3) is 0.368. The van der Waals surface area contributed by atoms with Gasteiger partial charge in [-0.05, 0) is 74.3 Å². The van der Waals surface area contributed by atoms with Crippen molar-refractivity contribution in [2.75, 3.05) is 49.6 Å². The smallest absolute Gasteiger partial charge is 0.405 e. The number of anilines is 2. The molecule has 0 saturated carbocycles. The summed E-state index contributed by atoms with van der Waals surface area (Å²) in [5.74, 6) is 0.765. The molecule has 1 amide bonds. The molecule has 9 nitrogen and oxygen atoms in total. The number of amides is 1. The van der Waals surface area contributed by atoms with Crippen LogP contribution in [0.5, 0.6) is 0 Å². The van der Waals surface area contributed by atoms with E-state index in [0.29, 0.717) is 32.2 Å². The number of carbonyl (C=O) groups is 1. The van der Waals surface area contributed by atoms with Crippen LogP contribution in [0.3, 0.4) is 0 Å². The average molecular weight is 865 g/mol. The minimum Gasteiger partial charge on any atom is -0.405 e. The van der Waals surface area contributed by atoms with Gasteiger partial charge in [-0.25, -0.2) is 0 Å². The molecule has 2 fully saturated rings. The molecule has 0 radical (unpaired) electrons. The number of hydrogen-bond acceptors (Lipinski definition) is 8. The first kappa shape index (κ1) is 35.5. The van der Waals surface area contributed by atoms with E-state index in [1.165, 1.54) is 41.4 Å². The Bertz CT molecular complexity index is 1760. The van der Waals surface area contributed by atoms with Gasteiger partial charge in [-0.1, -0.05) is 48.4 Å². The molecule has 7 rings (SSSR count). The second-order valence-electron chi connectivity index (χ2n) is 12.6. The van der Waals surface area contributed by atoms with E-state index in [-0.39, 0.29) is 49.5 Å². The summed E-state index contributed by atoms with van der Waals surface area (Å²) in [4.78, 5) is 35.1. The number of likely N-dealkylation sites (tertiary alicyclic amines) is 1. The van der Waals surface area contributed by atoms with Crippen LogP contribution in [0.15, 0.2) is 66.9 Å². The zero-order valence-corrected chi connectivity index (χ0v) is 32.0. The normalized spacial score (nSPS) is 19.3. The van der Waals surface area contributed by atoms with Gasteiger partial charge >= 0.3 is 31.1 Å². The summed E-state index contributed by atoms with van der Waals surface area (Å²) < 4.78 is 0. The number of nitrogens with zero attached hydrogens (tertiary/aromatic N) is 8. The number of aromatic nitrogens is 3. The van der Waals surface area contributed by atoms with Crippen molar-refractivity contribution in [3.8, 4) is 6.07 Å². The zero-order chi connectivity index (χ0) is 32.8. The van der Waals surface area contributed by atoms with Crippen molar-refractivity contribution in [2.45, 2.75) is 51.2 Å². The third kappa shape index (κ3) is 8.09. The third-order valence-corrected chi connectivity index (χ3v) is 9.51. The van der Waals surface area contributed by atoms with Crippen molar-refractivity contribution in [3.63, 3.8) is 0 Å². The molecule has 244 valence electrons. The van der Waals surface area contributed by atoms with Crippen molar-refractivity contribution in [2.24, 2.45) is 0 Å². The Hall–Kier alpha value is -3.76. The monoisotopic (exact) mass is 864 g/mol. The summed E-state index contributed by atoms with van der Waals surface area (Å²) in [6, 6.07) is 21.1. The van der Waals surface area contributed by atoms with Gasteiger partial charge in [0.1, 0.15) is 0 Å². The van der Waals surface area contributed by atoms with E-state index < -0.39 is 0 Å². The van der Waals surface area contributed by atoms with Crippen LogP contribution in [-0.4, -0.2) is 82.5 Å². The van der Waals surface area contributed by atoms with Crippen LogP contribution >= 0.6 is 0 Å². The predicted molar refractivity (Wildman–Crippen MR) is 187 cm³/mol. The molecule has 4 aromatic rings. The first-order valence-electron chi connectivity index (χ1n) is 16.5. The molecule has 0 unspecified atom stereocenters. The topological polar surface area (TPSA) is 92.5 Å². The minimum absolute atomic E-state index is 0. The van der Waals surface area contributed by atoms with Gasteiger partial charge in [0.25, 0.3) is 0 Å². The van der Waals surface area contributed by atoms with Crippen LogP contribution in [-0.2, 0) is 17.8 Å². The first-order valence-corrected chi connectivity index (χ1v) is 16.5. The Balaban J connectivity index is 0.000000502. The van der Waals surface area contributed by atoms with E-state index in [0.717, 1.165) is 35.7 Å². The average Bonchev–Trinajstić information content (AvgIpc) is 3.48. The van der Waals surface area contributed by atoms with Crippen molar-refractivity contribution >= 4 is 34.3 Å². The molecular formula is C38H42N8OU. The van der Waals surface area contributed by atoms with Crippen LogP contribution < -0.4 is 9.80 Å². The maximum Gasteiger partial charge on any atom is 2.00 e. The molecule has 0 bridgehead atoms. The molecule has 2 atom stereocenters. The number of pyridine rings is 1. The predicted octanol–water partition coefficient (Wildman–Crippen LogP) is 5.26. The van der Waals surface area contributed by atoms with Crippen LogP contribution in [0, 0.1) is 62.6 Å². The number of aryl methyl sites for hydroxylation is 1. The Labute approximate surface area is 308 Å². The van der Waals surface area contributed by atoms with E-state index >= 15 is 0 Å². The summed E-state index contributed by atoms with van der Waals surface area (Å²) in [6.07, 6.45) is 11.6. The Morgan fingerprint density at radius 3 is 2.60 bits per heavy atom. The summed E-state index contributed by atoms with van der Waals surface area (Å²) in [5.41, 5.74) is 5.33. The van der Waals surface area contributed by atoms with E-state index in [4.69, 9.17) is 0 Å². The maximum absolute atomic E-state index is 13.1. The van der Waals surface area contributed by atoms with Crippen LogP contribution in [0.2, 0.25) is 0 Å². The largest absolute Gasteiger partial charge is 2.00 e. The molecule has 3 aliphatic heterocycles. The number of piperazine rings is 1. The van der Waals surface area contributed by atoms with Gasteiger partial charge in [0.05, 0.1) is 24.2 Å². The molecule has 10 heteroatoms. The van der Waals surface area contributed by atoms with Gasteiger partial charge in [0, 0.05) is 68.2 Å². The number of fused-ring (bicyclic) bond motifs is 2. The molecule has 2 aromatic carbocycles. The number of benzene rings is 2. The second kappa shape index (κ2) is 16.6. The van der Waals surface area contributed by atoms with E-state index in [2.05, 4.69) is 99.3 Å². The zero-order valence-electron chi connectivity index (χ0n) is 27.8. The quantitative estimate of drug-likeness (QED) is 0.199. The van der Waals surface area contributed by atoms with Gasteiger partial charge in [0.15, 0.2) is 0 Å². The van der Waals surface area contributed by atoms with Crippen LogP contribution in [0.1, 0.15) is 41.8 Å². The molecule has 5 heterocycles. The number of hydrogen-bond donors (Lipinski definition) is 0. The van der Waals surface area contributed by atoms with Crippen molar-refractivity contribution in [1.82, 2.24) is 24.8 Å². The third-order valence-electron chi connectivity index (χ3n) is 9.51. The van der Waals surface area contributed by atoms with Gasteiger partial charge in [-0.15, -0.1) is 6.04 Å². The molecule has 0 spiro atoms. The molecule has 0 N–H and O–H groups in total. The summed E-state index contributed by atoms with van der Waals surface area (Å²) in [7, 11) is 2.13. The van der Waals surface area contributed by atoms with Gasteiger partial charge in [0.2, 0.25) is 5.91 Å². The minimum atomic E-state index is -0.232. The molecule has 3 aliphatic rings. The van der Waals surface area contributed by atoms with Crippen molar-refractivity contribution in [3.05, 3.63) is 103 Å². The molecular weight excluding hydrogens is 823 g/mol. The van der Waals surface area contributed by atoms with Gasteiger partial charge in [-0.3, -0.25) is 9.78 Å². The van der Waals surface area contributed by atoms with E-state index in [1.54, 1.807) is 23.2 Å². The van der Waals surface area contributed by atoms with E-state index in [1.807, 2.05) is 18.2 Å². The summed E-state index contributed by atoms with van der Waals surface area (Å²) in [6.45, 7) is 10.6. The fourth-order valence-corrected chi connectivity index (χ4v) is 6.85. The molecule has 0 aliphatic carbocycles. The van der Waals surface area contributed by atoms with Crippen molar-refractivity contribution in [1.29, 1.82) is 5.26 Å².